The Morgan fingerprint density at radius 3 is 2.67 bits per heavy atom. The lowest BCUT2D eigenvalue weighted by Crippen LogP contribution is -2.29. The number of likely N-dealkylation sites (tertiary alicyclic amines) is 1. The summed E-state index contributed by atoms with van der Waals surface area (Å²) in [6, 6.07) is 14.0. The molecule has 2 atom stereocenters. The van der Waals surface area contributed by atoms with Crippen LogP contribution < -0.4 is 4.74 Å². The zero-order chi connectivity index (χ0) is 19.4. The number of hydrogen-bond acceptors (Lipinski definition) is 4. The molecule has 5 nitrogen and oxygen atoms in total. The number of amides is 1. The second-order valence-electron chi connectivity index (χ2n) is 6.61. The van der Waals surface area contributed by atoms with Crippen LogP contribution in [0.3, 0.4) is 0 Å². The first kappa shape index (κ1) is 18.9. The molecule has 1 aliphatic heterocycles. The molecule has 27 heavy (non-hydrogen) atoms. The van der Waals surface area contributed by atoms with Gasteiger partial charge in [0.15, 0.2) is 11.6 Å². The minimum Gasteiger partial charge on any atom is -0.494 e. The predicted octanol–water partition coefficient (Wildman–Crippen LogP) is 3.49. The number of halogens is 1. The first-order valence-electron chi connectivity index (χ1n) is 8.83. The molecule has 0 bridgehead atoms. The molecule has 2 aromatic carbocycles. The molecule has 2 aromatic rings. The summed E-state index contributed by atoms with van der Waals surface area (Å²) in [5, 5.41) is 0. The average Bonchev–Trinajstić information content (AvgIpc) is 3.08. The van der Waals surface area contributed by atoms with E-state index in [2.05, 4.69) is 0 Å². The molecule has 0 spiro atoms. The maximum absolute atomic E-state index is 13.7. The number of carbonyl (C=O) groups excluding carboxylic acids is 2. The molecule has 1 saturated heterocycles. The zero-order valence-electron chi connectivity index (χ0n) is 15.4. The SMILES string of the molecule is COc1ccc(COC(=O)[C@@H]2CC(=O)N([C@@H](C)c3ccccc3)C2)cc1F. The van der Waals surface area contributed by atoms with Gasteiger partial charge < -0.3 is 14.4 Å². The maximum atomic E-state index is 13.7. The molecule has 0 aliphatic carbocycles. The van der Waals surface area contributed by atoms with Gasteiger partial charge in [-0.3, -0.25) is 9.59 Å². The van der Waals surface area contributed by atoms with Crippen LogP contribution >= 0.6 is 0 Å². The standard InChI is InChI=1S/C21H22FNO4/c1-14(16-6-4-3-5-7-16)23-12-17(11-20(23)24)21(25)27-13-15-8-9-19(26-2)18(22)10-15/h3-10,14,17H,11-13H2,1-2H3/t14-,17+/m0/s1. The molecule has 1 aliphatic rings. The van der Waals surface area contributed by atoms with Crippen molar-refractivity contribution in [3.05, 3.63) is 65.5 Å². The maximum Gasteiger partial charge on any atom is 0.311 e. The fraction of sp³-hybridized carbons (Fsp3) is 0.333. The van der Waals surface area contributed by atoms with E-state index in [1.54, 1.807) is 11.0 Å². The van der Waals surface area contributed by atoms with Gasteiger partial charge in [0.1, 0.15) is 6.61 Å². The van der Waals surface area contributed by atoms with Crippen molar-refractivity contribution < 1.29 is 23.5 Å². The highest BCUT2D eigenvalue weighted by Gasteiger charge is 2.37. The van der Waals surface area contributed by atoms with Gasteiger partial charge in [0, 0.05) is 13.0 Å². The van der Waals surface area contributed by atoms with Gasteiger partial charge in [-0.25, -0.2) is 4.39 Å². The van der Waals surface area contributed by atoms with E-state index in [-0.39, 0.29) is 30.7 Å². The van der Waals surface area contributed by atoms with Gasteiger partial charge in [-0.2, -0.15) is 0 Å². The van der Waals surface area contributed by atoms with Crippen molar-refractivity contribution in [3.63, 3.8) is 0 Å². The molecule has 0 unspecified atom stereocenters. The van der Waals surface area contributed by atoms with Crippen molar-refractivity contribution in [2.45, 2.75) is 26.0 Å². The summed E-state index contributed by atoms with van der Waals surface area (Å²) >= 11 is 0. The molecule has 142 valence electrons. The Balaban J connectivity index is 1.58. The molecule has 1 fully saturated rings. The first-order chi connectivity index (χ1) is 13.0. The average molecular weight is 371 g/mol. The van der Waals surface area contributed by atoms with Gasteiger partial charge in [0.05, 0.1) is 19.1 Å². The summed E-state index contributed by atoms with van der Waals surface area (Å²) in [4.78, 5) is 26.4. The summed E-state index contributed by atoms with van der Waals surface area (Å²) in [6.07, 6.45) is 0.132. The van der Waals surface area contributed by atoms with E-state index in [1.807, 2.05) is 37.3 Å². The highest BCUT2D eigenvalue weighted by molar-refractivity contribution is 5.87. The second-order valence-corrected chi connectivity index (χ2v) is 6.61. The second kappa shape index (κ2) is 8.20. The third kappa shape index (κ3) is 4.27. The van der Waals surface area contributed by atoms with Crippen LogP contribution in [0.4, 0.5) is 4.39 Å². The number of hydrogen-bond donors (Lipinski definition) is 0. The number of esters is 1. The van der Waals surface area contributed by atoms with Crippen molar-refractivity contribution in [1.29, 1.82) is 0 Å². The van der Waals surface area contributed by atoms with Gasteiger partial charge >= 0.3 is 5.97 Å². The van der Waals surface area contributed by atoms with E-state index < -0.39 is 17.7 Å². The zero-order valence-corrected chi connectivity index (χ0v) is 15.4. The molecular weight excluding hydrogens is 349 g/mol. The Hall–Kier alpha value is -2.89. The van der Waals surface area contributed by atoms with Crippen LogP contribution in [0.15, 0.2) is 48.5 Å². The molecule has 0 N–H and O–H groups in total. The van der Waals surface area contributed by atoms with Crippen LogP contribution in [0.1, 0.15) is 30.5 Å². The number of nitrogens with zero attached hydrogens (tertiary/aromatic N) is 1. The molecule has 6 heteroatoms. The van der Waals surface area contributed by atoms with Crippen molar-refractivity contribution in [1.82, 2.24) is 4.90 Å². The fourth-order valence-corrected chi connectivity index (χ4v) is 3.25. The number of ether oxygens (including phenoxy) is 2. The summed E-state index contributed by atoms with van der Waals surface area (Å²) < 4.78 is 23.9. The summed E-state index contributed by atoms with van der Waals surface area (Å²) in [6.45, 7) is 2.23. The Labute approximate surface area is 157 Å². The van der Waals surface area contributed by atoms with E-state index in [1.165, 1.54) is 19.2 Å². The molecule has 0 saturated carbocycles. The van der Waals surface area contributed by atoms with Gasteiger partial charge in [-0.15, -0.1) is 0 Å². The number of benzene rings is 2. The largest absolute Gasteiger partial charge is 0.494 e. The normalized spacial score (nSPS) is 17.7. The summed E-state index contributed by atoms with van der Waals surface area (Å²) in [5.74, 6) is -1.39. The Kier molecular flexibility index (Phi) is 5.74. The number of methoxy groups -OCH3 is 1. The minimum atomic E-state index is -0.509. The first-order valence-corrected chi connectivity index (χ1v) is 8.83. The third-order valence-electron chi connectivity index (χ3n) is 4.84. The minimum absolute atomic E-state index is 0.0430. The van der Waals surface area contributed by atoms with Gasteiger partial charge in [0.2, 0.25) is 5.91 Å². The van der Waals surface area contributed by atoms with Crippen LogP contribution in [0.5, 0.6) is 5.75 Å². The predicted molar refractivity (Wildman–Crippen MR) is 97.4 cm³/mol. The topological polar surface area (TPSA) is 55.8 Å². The van der Waals surface area contributed by atoms with Crippen molar-refractivity contribution in [2.75, 3.05) is 13.7 Å². The molecule has 1 heterocycles. The lowest BCUT2D eigenvalue weighted by Gasteiger charge is -2.25. The van der Waals surface area contributed by atoms with E-state index in [4.69, 9.17) is 9.47 Å². The summed E-state index contributed by atoms with van der Waals surface area (Å²) in [5.41, 5.74) is 1.55. The Morgan fingerprint density at radius 1 is 1.26 bits per heavy atom. The molecule has 0 radical (unpaired) electrons. The smallest absolute Gasteiger partial charge is 0.311 e. The van der Waals surface area contributed by atoms with E-state index >= 15 is 0 Å². The lowest BCUT2D eigenvalue weighted by atomic mass is 10.1. The third-order valence-corrected chi connectivity index (χ3v) is 4.84. The van der Waals surface area contributed by atoms with E-state index in [0.717, 1.165) is 5.56 Å². The van der Waals surface area contributed by atoms with Crippen LogP contribution in [0.2, 0.25) is 0 Å². The highest BCUT2D eigenvalue weighted by atomic mass is 19.1. The molecule has 3 rings (SSSR count). The number of carbonyl (C=O) groups is 2. The van der Waals surface area contributed by atoms with Gasteiger partial charge in [-0.05, 0) is 30.2 Å². The van der Waals surface area contributed by atoms with E-state index in [9.17, 15) is 14.0 Å². The summed E-state index contributed by atoms with van der Waals surface area (Å²) in [7, 11) is 1.39. The van der Waals surface area contributed by atoms with E-state index in [0.29, 0.717) is 12.1 Å². The monoisotopic (exact) mass is 371 g/mol. The van der Waals surface area contributed by atoms with Crippen LogP contribution in [-0.2, 0) is 20.9 Å². The Bertz CT molecular complexity index is 824. The number of rotatable bonds is 6. The quantitative estimate of drug-likeness (QED) is 0.730. The Morgan fingerprint density at radius 2 is 2.00 bits per heavy atom. The molecule has 0 aromatic heterocycles. The van der Waals surface area contributed by atoms with Crippen molar-refractivity contribution in [2.24, 2.45) is 5.92 Å². The lowest BCUT2D eigenvalue weighted by molar-refractivity contribution is -0.149. The molecule has 1 amide bonds. The van der Waals surface area contributed by atoms with Gasteiger partial charge in [0.25, 0.3) is 0 Å². The van der Waals surface area contributed by atoms with Crippen LogP contribution in [-0.4, -0.2) is 30.4 Å². The fourth-order valence-electron chi connectivity index (χ4n) is 3.25. The van der Waals surface area contributed by atoms with Crippen molar-refractivity contribution >= 4 is 11.9 Å². The molecular formula is C21H22FNO4. The highest BCUT2D eigenvalue weighted by Crippen LogP contribution is 2.29. The van der Waals surface area contributed by atoms with Crippen molar-refractivity contribution in [3.8, 4) is 5.75 Å². The van der Waals surface area contributed by atoms with Gasteiger partial charge in [-0.1, -0.05) is 36.4 Å². The van der Waals surface area contributed by atoms with Crippen LogP contribution in [0.25, 0.3) is 0 Å². The van der Waals surface area contributed by atoms with Crippen LogP contribution in [0, 0.1) is 11.7 Å².